The highest BCUT2D eigenvalue weighted by Crippen LogP contribution is 2.39. The smallest absolute Gasteiger partial charge is 0.321 e. The van der Waals surface area contributed by atoms with Crippen LogP contribution in [0.25, 0.3) is 0 Å². The third-order valence-electron chi connectivity index (χ3n) is 4.33. The van der Waals surface area contributed by atoms with Crippen LogP contribution in [0.15, 0.2) is 5.16 Å². The van der Waals surface area contributed by atoms with E-state index in [1.807, 2.05) is 6.92 Å². The summed E-state index contributed by atoms with van der Waals surface area (Å²) < 4.78 is 2.09. The third-order valence-corrected chi connectivity index (χ3v) is 5.38. The van der Waals surface area contributed by atoms with Crippen molar-refractivity contribution in [3.05, 3.63) is 5.82 Å². The van der Waals surface area contributed by atoms with E-state index in [2.05, 4.69) is 25.4 Å². The van der Waals surface area contributed by atoms with E-state index in [1.54, 1.807) is 6.92 Å². The highest BCUT2D eigenvalue weighted by atomic mass is 32.2. The number of amides is 3. The van der Waals surface area contributed by atoms with Gasteiger partial charge >= 0.3 is 6.03 Å². The molecule has 1 aromatic rings. The zero-order chi connectivity index (χ0) is 16.4. The molecule has 2 saturated carbocycles. The molecule has 2 N–H and O–H groups in total. The van der Waals surface area contributed by atoms with Crippen molar-refractivity contribution in [2.24, 2.45) is 0 Å². The monoisotopic (exact) mass is 337 g/mol. The summed E-state index contributed by atoms with van der Waals surface area (Å²) in [5, 5.41) is 13.9. The molecular weight excluding hydrogens is 314 g/mol. The number of imide groups is 1. The summed E-state index contributed by atoms with van der Waals surface area (Å²) in [5.41, 5.74) is 0. The summed E-state index contributed by atoms with van der Waals surface area (Å²) in [6.45, 7) is 3.71. The van der Waals surface area contributed by atoms with Crippen molar-refractivity contribution in [2.75, 3.05) is 0 Å². The Bertz CT molecular complexity index is 593. The van der Waals surface area contributed by atoms with Gasteiger partial charge in [0.15, 0.2) is 5.16 Å². The van der Waals surface area contributed by atoms with E-state index in [1.165, 1.54) is 11.8 Å². The maximum absolute atomic E-state index is 12.2. The van der Waals surface area contributed by atoms with E-state index in [9.17, 15) is 9.59 Å². The van der Waals surface area contributed by atoms with Crippen LogP contribution in [0.1, 0.15) is 57.3 Å². The fraction of sp³-hybridized carbons (Fsp3) is 0.733. The van der Waals surface area contributed by atoms with Crippen LogP contribution in [0.3, 0.4) is 0 Å². The fourth-order valence-corrected chi connectivity index (χ4v) is 3.87. The average molecular weight is 337 g/mol. The number of hydrogen-bond donors (Lipinski definition) is 2. The summed E-state index contributed by atoms with van der Waals surface area (Å²) >= 11 is 1.35. The number of urea groups is 1. The van der Waals surface area contributed by atoms with Gasteiger partial charge in [-0.1, -0.05) is 24.6 Å². The van der Waals surface area contributed by atoms with Crippen LogP contribution < -0.4 is 10.6 Å². The predicted molar refractivity (Wildman–Crippen MR) is 87.3 cm³/mol. The number of thioether (sulfide) groups is 1. The third kappa shape index (κ3) is 4.04. The van der Waals surface area contributed by atoms with Crippen molar-refractivity contribution in [2.45, 2.75) is 74.9 Å². The Balaban J connectivity index is 1.52. The van der Waals surface area contributed by atoms with Crippen molar-refractivity contribution in [1.82, 2.24) is 25.4 Å². The summed E-state index contributed by atoms with van der Waals surface area (Å²) in [4.78, 5) is 24.1. The zero-order valence-corrected chi connectivity index (χ0v) is 14.4. The van der Waals surface area contributed by atoms with Crippen molar-refractivity contribution in [1.29, 1.82) is 0 Å². The molecule has 0 bridgehead atoms. The molecule has 0 saturated heterocycles. The highest BCUT2D eigenvalue weighted by molar-refractivity contribution is 8.00. The van der Waals surface area contributed by atoms with Gasteiger partial charge in [0.25, 0.3) is 0 Å². The van der Waals surface area contributed by atoms with Gasteiger partial charge in [0.2, 0.25) is 5.91 Å². The molecule has 0 spiro atoms. The lowest BCUT2D eigenvalue weighted by atomic mass is 10.2. The number of hydrogen-bond acceptors (Lipinski definition) is 5. The topological polar surface area (TPSA) is 88.9 Å². The Morgan fingerprint density at radius 2 is 1.91 bits per heavy atom. The number of aryl methyl sites for hydroxylation is 1. The molecule has 2 aliphatic rings. The molecule has 126 valence electrons. The van der Waals surface area contributed by atoms with Gasteiger partial charge < -0.3 is 9.88 Å². The molecule has 2 aliphatic carbocycles. The quantitative estimate of drug-likeness (QED) is 0.804. The first-order valence-corrected chi connectivity index (χ1v) is 9.12. The predicted octanol–water partition coefficient (Wildman–Crippen LogP) is 2.17. The summed E-state index contributed by atoms with van der Waals surface area (Å²) in [6, 6.07) is 0.272. The Kier molecular flexibility index (Phi) is 4.89. The van der Waals surface area contributed by atoms with Crippen LogP contribution in [-0.2, 0) is 4.79 Å². The largest absolute Gasteiger partial charge is 0.335 e. The molecule has 1 atom stereocenters. The Morgan fingerprint density at radius 3 is 2.57 bits per heavy atom. The standard InChI is InChI=1S/C15H23N5O2S/c1-9(13(21)17-14(22)16-11-5-3-4-6-11)23-15-19-18-10(2)20(15)12-7-8-12/h9,11-12H,3-8H2,1-2H3,(H2,16,17,21,22)/t9-/m0/s1. The molecule has 3 rings (SSSR count). The molecule has 0 unspecified atom stereocenters. The lowest BCUT2D eigenvalue weighted by Crippen LogP contribution is -2.45. The second-order valence-corrected chi connectivity index (χ2v) is 7.64. The molecule has 8 heteroatoms. The maximum atomic E-state index is 12.2. The first kappa shape index (κ1) is 16.3. The normalized spacial score (nSPS) is 19.6. The zero-order valence-electron chi connectivity index (χ0n) is 13.5. The van der Waals surface area contributed by atoms with Crippen molar-refractivity contribution < 1.29 is 9.59 Å². The number of rotatable bonds is 5. The molecule has 2 fully saturated rings. The molecule has 0 radical (unpaired) electrons. The van der Waals surface area contributed by atoms with Gasteiger partial charge in [0, 0.05) is 12.1 Å². The number of carbonyl (C=O) groups is 2. The average Bonchev–Trinajstić information content (AvgIpc) is 3.08. The number of nitrogens with one attached hydrogen (secondary N) is 2. The molecular formula is C15H23N5O2S. The van der Waals surface area contributed by atoms with Gasteiger partial charge in [0.1, 0.15) is 5.82 Å². The van der Waals surface area contributed by atoms with Crippen LogP contribution in [0.4, 0.5) is 4.79 Å². The first-order chi connectivity index (χ1) is 11.0. The Labute approximate surface area is 140 Å². The minimum atomic E-state index is -0.398. The number of nitrogens with zero attached hydrogens (tertiary/aromatic N) is 3. The lowest BCUT2D eigenvalue weighted by Gasteiger charge is -2.15. The van der Waals surface area contributed by atoms with E-state index in [4.69, 9.17) is 0 Å². The van der Waals surface area contributed by atoms with Crippen molar-refractivity contribution in [3.63, 3.8) is 0 Å². The molecule has 1 heterocycles. The van der Waals surface area contributed by atoms with E-state index >= 15 is 0 Å². The summed E-state index contributed by atoms with van der Waals surface area (Å²) in [7, 11) is 0. The molecule has 7 nitrogen and oxygen atoms in total. The van der Waals surface area contributed by atoms with Crippen LogP contribution in [0.5, 0.6) is 0 Å². The van der Waals surface area contributed by atoms with E-state index in [-0.39, 0.29) is 11.9 Å². The van der Waals surface area contributed by atoms with Crippen LogP contribution >= 0.6 is 11.8 Å². The van der Waals surface area contributed by atoms with E-state index in [0.717, 1.165) is 49.5 Å². The van der Waals surface area contributed by atoms with Gasteiger partial charge in [-0.15, -0.1) is 10.2 Å². The molecule has 0 aromatic carbocycles. The van der Waals surface area contributed by atoms with Gasteiger partial charge in [-0.3, -0.25) is 10.1 Å². The van der Waals surface area contributed by atoms with Gasteiger partial charge in [0.05, 0.1) is 5.25 Å². The lowest BCUT2D eigenvalue weighted by molar-refractivity contribution is -0.119. The van der Waals surface area contributed by atoms with E-state index < -0.39 is 11.3 Å². The van der Waals surface area contributed by atoms with Crippen molar-refractivity contribution >= 4 is 23.7 Å². The molecule has 3 amide bonds. The number of carbonyl (C=O) groups excluding carboxylic acids is 2. The van der Waals surface area contributed by atoms with Gasteiger partial charge in [-0.2, -0.15) is 0 Å². The summed E-state index contributed by atoms with van der Waals surface area (Å²) in [5.74, 6) is 0.579. The van der Waals surface area contributed by atoms with Crippen LogP contribution in [0.2, 0.25) is 0 Å². The molecule has 0 aliphatic heterocycles. The summed E-state index contributed by atoms with van der Waals surface area (Å²) in [6.07, 6.45) is 6.54. The maximum Gasteiger partial charge on any atom is 0.321 e. The highest BCUT2D eigenvalue weighted by Gasteiger charge is 2.30. The van der Waals surface area contributed by atoms with Crippen LogP contribution in [0, 0.1) is 6.92 Å². The first-order valence-electron chi connectivity index (χ1n) is 8.24. The van der Waals surface area contributed by atoms with E-state index in [0.29, 0.717) is 6.04 Å². The SMILES string of the molecule is Cc1nnc(S[C@@H](C)C(=O)NC(=O)NC2CCCC2)n1C1CC1. The van der Waals surface area contributed by atoms with Gasteiger partial charge in [-0.25, -0.2) is 4.79 Å². The molecule has 1 aromatic heterocycles. The Hall–Kier alpha value is -1.57. The minimum absolute atomic E-state index is 0.200. The van der Waals surface area contributed by atoms with Crippen molar-refractivity contribution in [3.8, 4) is 0 Å². The number of aromatic nitrogens is 3. The second-order valence-electron chi connectivity index (χ2n) is 6.34. The van der Waals surface area contributed by atoms with Crippen LogP contribution in [-0.4, -0.2) is 38.0 Å². The Morgan fingerprint density at radius 1 is 1.22 bits per heavy atom. The minimum Gasteiger partial charge on any atom is -0.335 e. The fourth-order valence-electron chi connectivity index (χ4n) is 2.90. The second kappa shape index (κ2) is 6.90. The molecule has 23 heavy (non-hydrogen) atoms. The van der Waals surface area contributed by atoms with Gasteiger partial charge in [-0.05, 0) is 39.5 Å².